The molecule has 0 spiro atoms. The van der Waals surface area contributed by atoms with E-state index in [9.17, 15) is 0 Å². The molecule has 0 saturated carbocycles. The minimum absolute atomic E-state index is 0.478. The number of nitrogens with zero attached hydrogens (tertiary/aromatic N) is 4. The summed E-state index contributed by atoms with van der Waals surface area (Å²) in [7, 11) is 1.97. The van der Waals surface area contributed by atoms with Crippen LogP contribution in [0.25, 0.3) is 0 Å². The van der Waals surface area contributed by atoms with Crippen molar-refractivity contribution in [3.63, 3.8) is 0 Å². The molecule has 100 valence electrons. The zero-order valence-electron chi connectivity index (χ0n) is 11.4. The zero-order chi connectivity index (χ0) is 13.8. The van der Waals surface area contributed by atoms with Gasteiger partial charge in [-0.2, -0.15) is 0 Å². The summed E-state index contributed by atoms with van der Waals surface area (Å²) >= 11 is 6.01. The molecule has 2 heterocycles. The molecule has 0 saturated heterocycles. The monoisotopic (exact) mass is 276 g/mol. The molecule has 0 fully saturated rings. The van der Waals surface area contributed by atoms with Crippen molar-refractivity contribution in [2.24, 2.45) is 0 Å². The fraction of sp³-hybridized carbons (Fsp3) is 0.357. The molecule has 0 atom stereocenters. The highest BCUT2D eigenvalue weighted by molar-refractivity contribution is 6.29. The number of hydrogen-bond acceptors (Lipinski definition) is 4. The number of halogens is 1. The average Bonchev–Trinajstić information content (AvgIpc) is 2.38. The predicted molar refractivity (Wildman–Crippen MR) is 77.5 cm³/mol. The Morgan fingerprint density at radius 1 is 1.21 bits per heavy atom. The summed E-state index contributed by atoms with van der Waals surface area (Å²) in [6.45, 7) is 4.69. The second-order valence-electron chi connectivity index (χ2n) is 4.45. The van der Waals surface area contributed by atoms with Gasteiger partial charge in [-0.3, -0.25) is 4.98 Å². The van der Waals surface area contributed by atoms with Crippen LogP contribution in [0.4, 0.5) is 5.82 Å². The molecule has 0 N–H and O–H groups in total. The van der Waals surface area contributed by atoms with E-state index in [0.717, 1.165) is 29.5 Å². The summed E-state index contributed by atoms with van der Waals surface area (Å²) in [4.78, 5) is 15.1. The molecule has 5 heteroatoms. The van der Waals surface area contributed by atoms with Crippen molar-refractivity contribution in [2.45, 2.75) is 26.8 Å². The quantitative estimate of drug-likeness (QED) is 0.805. The third kappa shape index (κ3) is 3.64. The van der Waals surface area contributed by atoms with Gasteiger partial charge in [-0.15, -0.1) is 0 Å². The van der Waals surface area contributed by atoms with Crippen molar-refractivity contribution in [1.82, 2.24) is 15.0 Å². The molecule has 0 bridgehead atoms. The van der Waals surface area contributed by atoms with Crippen molar-refractivity contribution < 1.29 is 0 Å². The summed E-state index contributed by atoms with van der Waals surface area (Å²) < 4.78 is 0. The number of hydrogen-bond donors (Lipinski definition) is 0. The highest BCUT2D eigenvalue weighted by Crippen LogP contribution is 2.17. The second kappa shape index (κ2) is 5.97. The minimum atomic E-state index is 0.478. The molecule has 0 aliphatic heterocycles. The Morgan fingerprint density at radius 3 is 2.68 bits per heavy atom. The Balaban J connectivity index is 2.20. The summed E-state index contributed by atoms with van der Waals surface area (Å²) in [6.07, 6.45) is 0.768. The standard InChI is InChI=1S/C14H17ClN4/c1-4-13-17-12(15)8-14(18-13)19(3)9-11-7-5-6-10(2)16-11/h5-8H,4,9H2,1-3H3. The first-order chi connectivity index (χ1) is 9.08. The molecule has 19 heavy (non-hydrogen) atoms. The molecule has 0 aliphatic carbocycles. The van der Waals surface area contributed by atoms with Crippen LogP contribution in [0.3, 0.4) is 0 Å². The summed E-state index contributed by atoms with van der Waals surface area (Å²) in [6, 6.07) is 7.78. The highest BCUT2D eigenvalue weighted by atomic mass is 35.5. The first-order valence-corrected chi connectivity index (χ1v) is 6.63. The van der Waals surface area contributed by atoms with E-state index < -0.39 is 0 Å². The lowest BCUT2D eigenvalue weighted by atomic mass is 10.3. The number of aryl methyl sites for hydroxylation is 2. The van der Waals surface area contributed by atoms with Crippen molar-refractivity contribution >= 4 is 17.4 Å². The van der Waals surface area contributed by atoms with Crippen molar-refractivity contribution in [2.75, 3.05) is 11.9 Å². The Hall–Kier alpha value is -1.68. The van der Waals surface area contributed by atoms with Gasteiger partial charge in [0, 0.05) is 25.2 Å². The largest absolute Gasteiger partial charge is 0.354 e. The summed E-state index contributed by atoms with van der Waals surface area (Å²) in [5, 5.41) is 0.478. The van der Waals surface area contributed by atoms with Crippen LogP contribution in [0.15, 0.2) is 24.3 Å². The normalized spacial score (nSPS) is 10.5. The smallest absolute Gasteiger partial charge is 0.134 e. The van der Waals surface area contributed by atoms with E-state index in [2.05, 4.69) is 15.0 Å². The van der Waals surface area contributed by atoms with Crippen LogP contribution in [0.5, 0.6) is 0 Å². The van der Waals surface area contributed by atoms with E-state index in [1.54, 1.807) is 6.07 Å². The number of anilines is 1. The van der Waals surface area contributed by atoms with Crippen LogP contribution in [0.2, 0.25) is 5.15 Å². The molecule has 4 nitrogen and oxygen atoms in total. The molecule has 2 aromatic heterocycles. The lowest BCUT2D eigenvalue weighted by Crippen LogP contribution is -2.19. The molecule has 0 aliphatic rings. The van der Waals surface area contributed by atoms with Gasteiger partial charge in [0.2, 0.25) is 0 Å². The Labute approximate surface area is 118 Å². The number of rotatable bonds is 4. The van der Waals surface area contributed by atoms with Gasteiger partial charge in [-0.1, -0.05) is 24.6 Å². The van der Waals surface area contributed by atoms with Crippen LogP contribution in [-0.4, -0.2) is 22.0 Å². The third-order valence-corrected chi connectivity index (χ3v) is 2.97. The Morgan fingerprint density at radius 2 is 2.00 bits per heavy atom. The molecule has 0 amide bonds. The lowest BCUT2D eigenvalue weighted by molar-refractivity contribution is 0.835. The first-order valence-electron chi connectivity index (χ1n) is 6.25. The fourth-order valence-electron chi connectivity index (χ4n) is 1.82. The molecule has 2 aromatic rings. The van der Waals surface area contributed by atoms with Crippen LogP contribution >= 0.6 is 11.6 Å². The van der Waals surface area contributed by atoms with Crippen LogP contribution in [-0.2, 0) is 13.0 Å². The second-order valence-corrected chi connectivity index (χ2v) is 4.83. The van der Waals surface area contributed by atoms with Gasteiger partial charge < -0.3 is 4.90 Å². The zero-order valence-corrected chi connectivity index (χ0v) is 12.1. The number of pyridine rings is 1. The number of aromatic nitrogens is 3. The minimum Gasteiger partial charge on any atom is -0.354 e. The van der Waals surface area contributed by atoms with Gasteiger partial charge in [0.25, 0.3) is 0 Å². The van der Waals surface area contributed by atoms with Gasteiger partial charge in [0.15, 0.2) is 0 Å². The lowest BCUT2D eigenvalue weighted by Gasteiger charge is -2.18. The third-order valence-electron chi connectivity index (χ3n) is 2.78. The molecule has 0 radical (unpaired) electrons. The summed E-state index contributed by atoms with van der Waals surface area (Å²) in [5.41, 5.74) is 2.02. The SMILES string of the molecule is CCc1nc(Cl)cc(N(C)Cc2cccc(C)n2)n1. The molecular weight excluding hydrogens is 260 g/mol. The molecule has 2 rings (SSSR count). The van der Waals surface area contributed by atoms with Crippen LogP contribution in [0.1, 0.15) is 24.1 Å². The predicted octanol–water partition coefficient (Wildman–Crippen LogP) is 3.03. The van der Waals surface area contributed by atoms with Crippen molar-refractivity contribution in [3.8, 4) is 0 Å². The van der Waals surface area contributed by atoms with Gasteiger partial charge >= 0.3 is 0 Å². The van der Waals surface area contributed by atoms with E-state index in [1.165, 1.54) is 0 Å². The van der Waals surface area contributed by atoms with E-state index in [1.807, 2.05) is 44.0 Å². The average molecular weight is 277 g/mol. The molecule has 0 aromatic carbocycles. The first kappa shape index (κ1) is 13.7. The fourth-order valence-corrected chi connectivity index (χ4v) is 2.01. The van der Waals surface area contributed by atoms with E-state index in [0.29, 0.717) is 11.7 Å². The Bertz CT molecular complexity index is 571. The van der Waals surface area contributed by atoms with Crippen LogP contribution in [0, 0.1) is 6.92 Å². The maximum atomic E-state index is 6.01. The Kier molecular flexibility index (Phi) is 4.32. The van der Waals surface area contributed by atoms with Gasteiger partial charge in [0.1, 0.15) is 16.8 Å². The van der Waals surface area contributed by atoms with E-state index in [-0.39, 0.29) is 0 Å². The summed E-state index contributed by atoms with van der Waals surface area (Å²) in [5.74, 6) is 1.58. The highest BCUT2D eigenvalue weighted by Gasteiger charge is 2.08. The van der Waals surface area contributed by atoms with Gasteiger partial charge in [-0.25, -0.2) is 9.97 Å². The van der Waals surface area contributed by atoms with Crippen molar-refractivity contribution in [3.05, 3.63) is 46.6 Å². The topological polar surface area (TPSA) is 41.9 Å². The van der Waals surface area contributed by atoms with Crippen LogP contribution < -0.4 is 4.90 Å². The maximum Gasteiger partial charge on any atom is 0.134 e. The van der Waals surface area contributed by atoms with Crippen molar-refractivity contribution in [1.29, 1.82) is 0 Å². The molecule has 0 unspecified atom stereocenters. The maximum absolute atomic E-state index is 6.01. The van der Waals surface area contributed by atoms with Gasteiger partial charge in [0.05, 0.1) is 12.2 Å². The van der Waals surface area contributed by atoms with E-state index in [4.69, 9.17) is 11.6 Å². The van der Waals surface area contributed by atoms with Gasteiger partial charge in [-0.05, 0) is 19.1 Å². The van der Waals surface area contributed by atoms with E-state index >= 15 is 0 Å². The molecular formula is C14H17ClN4.